The van der Waals surface area contributed by atoms with Gasteiger partial charge in [0.15, 0.2) is 12.6 Å². The molecule has 1 fully saturated rings. The molecule has 1 aliphatic heterocycles. The van der Waals surface area contributed by atoms with Gasteiger partial charge in [0.05, 0.1) is 45.1 Å². The minimum Gasteiger partial charge on any atom is -0.497 e. The molecule has 1 amide bonds. The summed E-state index contributed by atoms with van der Waals surface area (Å²) in [6, 6.07) is 10.2. The quantitative estimate of drug-likeness (QED) is 0.188. The third-order valence-electron chi connectivity index (χ3n) is 6.47. The van der Waals surface area contributed by atoms with Crippen LogP contribution in [0.5, 0.6) is 17.2 Å². The van der Waals surface area contributed by atoms with E-state index in [0.29, 0.717) is 6.42 Å². The van der Waals surface area contributed by atoms with Crippen LogP contribution in [0.15, 0.2) is 48.6 Å². The van der Waals surface area contributed by atoms with Crippen LogP contribution < -0.4 is 19.5 Å². The number of carboxylic acids is 1. The van der Waals surface area contributed by atoms with Crippen molar-refractivity contribution in [3.63, 3.8) is 0 Å². The number of anilines is 1. The van der Waals surface area contributed by atoms with E-state index in [1.165, 1.54) is 26.4 Å². The molecule has 0 saturated carbocycles. The van der Waals surface area contributed by atoms with Gasteiger partial charge < -0.3 is 48.7 Å². The van der Waals surface area contributed by atoms with Crippen LogP contribution in [0.4, 0.5) is 5.69 Å². The molecule has 3 N–H and O–H groups in total. The van der Waals surface area contributed by atoms with Gasteiger partial charge in [-0.05, 0) is 44.9 Å². The molecular weight excluding hydrogens is 562 g/mol. The molecule has 1 unspecified atom stereocenters. The van der Waals surface area contributed by atoms with Crippen LogP contribution in [0.2, 0.25) is 0 Å². The van der Waals surface area contributed by atoms with Gasteiger partial charge in [-0.25, -0.2) is 4.79 Å². The van der Waals surface area contributed by atoms with E-state index in [4.69, 9.17) is 33.2 Å². The number of aliphatic hydroxyl groups excluding tert-OH is 1. The third kappa shape index (κ3) is 9.94. The highest BCUT2D eigenvalue weighted by Gasteiger charge is 2.46. The molecule has 0 bridgehead atoms. The Kier molecular flexibility index (Phi) is 12.3. The van der Waals surface area contributed by atoms with E-state index in [1.807, 2.05) is 24.3 Å². The van der Waals surface area contributed by atoms with Crippen LogP contribution in [0.3, 0.4) is 0 Å². The zero-order valence-electron chi connectivity index (χ0n) is 25.3. The lowest BCUT2D eigenvalue weighted by Gasteiger charge is -2.25. The van der Waals surface area contributed by atoms with Gasteiger partial charge in [-0.3, -0.25) is 4.79 Å². The minimum atomic E-state index is -1.31. The average Bonchev–Trinajstić information content (AvgIpc) is 3.26. The van der Waals surface area contributed by atoms with Gasteiger partial charge in [-0.1, -0.05) is 24.3 Å². The smallest absolute Gasteiger partial charge is 0.341 e. The third-order valence-corrected chi connectivity index (χ3v) is 6.47. The second-order valence-electron chi connectivity index (χ2n) is 10.4. The van der Waals surface area contributed by atoms with Crippen molar-refractivity contribution in [1.82, 2.24) is 0 Å². The van der Waals surface area contributed by atoms with Gasteiger partial charge in [0.25, 0.3) is 0 Å². The number of benzene rings is 2. The van der Waals surface area contributed by atoms with Gasteiger partial charge in [0.1, 0.15) is 35.0 Å². The number of aromatic carboxylic acids is 1. The standard InChI is InChI=1S/C31H41NO11/c1-19(33)8-7-9-24(40-17-20-10-12-21(38-5)13-11-20)29-26(42-31(2,3)43-29)16-27(34)32-23-14-22(39-6)15-25(41-18-37-4)28(23)30(35)36/h7,9-15,19,24,26,29,33H,8,16-18H2,1-6H3,(H,32,34)(H,35,36)/b9-7-/t19-,24?,26+,29-/m1/s1. The lowest BCUT2D eigenvalue weighted by molar-refractivity contribution is -0.157. The summed E-state index contributed by atoms with van der Waals surface area (Å²) in [5.41, 5.74) is 0.628. The molecule has 2 aromatic rings. The number of amides is 1. The fourth-order valence-electron chi connectivity index (χ4n) is 4.53. The van der Waals surface area contributed by atoms with E-state index in [9.17, 15) is 19.8 Å². The van der Waals surface area contributed by atoms with Crippen LogP contribution in [0.1, 0.15) is 49.5 Å². The van der Waals surface area contributed by atoms with E-state index >= 15 is 0 Å². The highest BCUT2D eigenvalue weighted by Crippen LogP contribution is 2.36. The van der Waals surface area contributed by atoms with Crippen LogP contribution in [-0.2, 0) is 30.3 Å². The molecule has 0 radical (unpaired) electrons. The van der Waals surface area contributed by atoms with Crippen molar-refractivity contribution in [3.05, 3.63) is 59.7 Å². The number of nitrogens with one attached hydrogen (secondary N) is 1. The molecule has 2 aromatic carbocycles. The summed E-state index contributed by atoms with van der Waals surface area (Å²) >= 11 is 0. The maximum absolute atomic E-state index is 13.3. The second kappa shape index (κ2) is 15.7. The highest BCUT2D eigenvalue weighted by atomic mass is 16.8. The number of hydrogen-bond donors (Lipinski definition) is 3. The molecule has 43 heavy (non-hydrogen) atoms. The first kappa shape index (κ1) is 33.8. The Labute approximate surface area is 251 Å². The molecule has 0 aliphatic carbocycles. The summed E-state index contributed by atoms with van der Waals surface area (Å²) in [6.45, 7) is 5.19. The molecule has 0 aromatic heterocycles. The maximum atomic E-state index is 13.3. The average molecular weight is 604 g/mol. The summed E-state index contributed by atoms with van der Waals surface area (Å²) in [5.74, 6) is -1.89. The van der Waals surface area contributed by atoms with E-state index < -0.39 is 42.1 Å². The molecule has 0 spiro atoms. The van der Waals surface area contributed by atoms with Crippen molar-refractivity contribution >= 4 is 17.6 Å². The van der Waals surface area contributed by atoms with Gasteiger partial charge in [0.2, 0.25) is 5.91 Å². The van der Waals surface area contributed by atoms with Crippen LogP contribution >= 0.6 is 0 Å². The topological polar surface area (TPSA) is 151 Å². The molecule has 4 atom stereocenters. The maximum Gasteiger partial charge on any atom is 0.341 e. The first-order valence-electron chi connectivity index (χ1n) is 13.8. The summed E-state index contributed by atoms with van der Waals surface area (Å²) < 4.78 is 39.4. The molecule has 1 aliphatic rings. The Hall–Kier alpha value is -3.68. The van der Waals surface area contributed by atoms with Crippen LogP contribution in [0, 0.1) is 0 Å². The number of aliphatic hydroxyl groups is 1. The van der Waals surface area contributed by atoms with E-state index in [-0.39, 0.29) is 42.6 Å². The van der Waals surface area contributed by atoms with Gasteiger partial charge in [0, 0.05) is 19.2 Å². The number of carbonyl (C=O) groups is 2. The Morgan fingerprint density at radius 2 is 1.77 bits per heavy atom. The summed E-state index contributed by atoms with van der Waals surface area (Å²) in [7, 11) is 4.41. The predicted octanol–water partition coefficient (Wildman–Crippen LogP) is 4.15. The first-order chi connectivity index (χ1) is 20.5. The Balaban J connectivity index is 1.84. The Morgan fingerprint density at radius 1 is 1.07 bits per heavy atom. The molecule has 236 valence electrons. The Morgan fingerprint density at radius 3 is 2.37 bits per heavy atom. The Bertz CT molecular complexity index is 1240. The highest BCUT2D eigenvalue weighted by molar-refractivity contribution is 6.03. The second-order valence-corrected chi connectivity index (χ2v) is 10.4. The number of hydrogen-bond acceptors (Lipinski definition) is 10. The lowest BCUT2D eigenvalue weighted by atomic mass is 10.0. The van der Waals surface area contributed by atoms with E-state index in [2.05, 4.69) is 5.32 Å². The summed E-state index contributed by atoms with van der Waals surface area (Å²) in [5, 5.41) is 22.3. The normalized spacial score (nSPS) is 19.1. The van der Waals surface area contributed by atoms with Crippen molar-refractivity contribution in [2.45, 2.75) is 70.4 Å². The van der Waals surface area contributed by atoms with Crippen LogP contribution in [0.25, 0.3) is 0 Å². The molecular formula is C31H41NO11. The van der Waals surface area contributed by atoms with Gasteiger partial charge >= 0.3 is 5.97 Å². The van der Waals surface area contributed by atoms with E-state index in [1.54, 1.807) is 40.0 Å². The zero-order chi connectivity index (χ0) is 31.6. The minimum absolute atomic E-state index is 0.0122. The first-order valence-corrected chi connectivity index (χ1v) is 13.8. The fraction of sp³-hybridized carbons (Fsp3) is 0.484. The number of carboxylic acid groups (broad SMARTS) is 1. The fourth-order valence-corrected chi connectivity index (χ4v) is 4.53. The molecule has 1 heterocycles. The predicted molar refractivity (Wildman–Crippen MR) is 157 cm³/mol. The molecule has 3 rings (SSSR count). The molecule has 12 heteroatoms. The lowest BCUT2D eigenvalue weighted by Crippen LogP contribution is -2.38. The number of methoxy groups -OCH3 is 3. The number of carbonyl (C=O) groups excluding carboxylic acids is 1. The van der Waals surface area contributed by atoms with Gasteiger partial charge in [-0.15, -0.1) is 0 Å². The number of rotatable bonds is 16. The summed E-state index contributed by atoms with van der Waals surface area (Å²) in [6.07, 6.45) is 1.16. The van der Waals surface area contributed by atoms with Crippen molar-refractivity contribution in [2.24, 2.45) is 0 Å². The van der Waals surface area contributed by atoms with Gasteiger partial charge in [-0.2, -0.15) is 0 Å². The molecule has 12 nitrogen and oxygen atoms in total. The zero-order valence-corrected chi connectivity index (χ0v) is 25.3. The van der Waals surface area contributed by atoms with Crippen molar-refractivity contribution < 1.29 is 53.0 Å². The van der Waals surface area contributed by atoms with E-state index in [0.717, 1.165) is 11.3 Å². The number of ether oxygens (including phenoxy) is 7. The van der Waals surface area contributed by atoms with Crippen molar-refractivity contribution in [1.29, 1.82) is 0 Å². The molecule has 1 saturated heterocycles. The van der Waals surface area contributed by atoms with Crippen LogP contribution in [-0.4, -0.2) is 80.4 Å². The van der Waals surface area contributed by atoms with Crippen molar-refractivity contribution in [2.75, 3.05) is 33.4 Å². The largest absolute Gasteiger partial charge is 0.497 e. The monoisotopic (exact) mass is 603 g/mol. The summed E-state index contributed by atoms with van der Waals surface area (Å²) in [4.78, 5) is 25.5. The van der Waals surface area contributed by atoms with Crippen molar-refractivity contribution in [3.8, 4) is 17.2 Å². The SMILES string of the molecule is COCOc1cc(OC)cc(NC(=O)C[C@@H]2OC(C)(C)O[C@@H]2C(/C=C\C[C@@H](C)O)OCc2ccc(OC)cc2)c1C(=O)O.